The number of para-hydroxylation sites is 1. The predicted molar refractivity (Wildman–Crippen MR) is 125 cm³/mol. The molecule has 0 saturated carbocycles. The molecule has 4 aromatic rings. The van der Waals surface area contributed by atoms with E-state index in [-0.39, 0.29) is 17.8 Å². The zero-order valence-electron chi connectivity index (χ0n) is 17.1. The highest BCUT2D eigenvalue weighted by Gasteiger charge is 2.19. The highest BCUT2D eigenvalue weighted by Crippen LogP contribution is 2.29. The van der Waals surface area contributed by atoms with Crippen LogP contribution in [0.15, 0.2) is 71.9 Å². The van der Waals surface area contributed by atoms with Gasteiger partial charge in [-0.1, -0.05) is 71.9 Å². The number of anilines is 1. The molecule has 1 aromatic heterocycles. The molecule has 1 N–H and O–H groups in total. The maximum Gasteiger partial charge on any atom is 0.234 e. The first-order valence-electron chi connectivity index (χ1n) is 9.74. The Kier molecular flexibility index (Phi) is 6.44. The first kappa shape index (κ1) is 21.2. The molecule has 0 fully saturated rings. The van der Waals surface area contributed by atoms with Gasteiger partial charge in [0.1, 0.15) is 5.75 Å². The van der Waals surface area contributed by atoms with E-state index in [1.807, 2.05) is 79.2 Å². The number of benzene rings is 3. The Bertz CT molecular complexity index is 1220. The number of carbonyl (C=O) groups excluding carboxylic acids is 1. The Hall–Kier alpha value is -3.03. The van der Waals surface area contributed by atoms with Gasteiger partial charge < -0.3 is 14.6 Å². The number of hydrogen-bond acceptors (Lipinski definition) is 5. The van der Waals surface area contributed by atoms with Crippen LogP contribution in [0.25, 0.3) is 10.8 Å². The number of halogens is 1. The van der Waals surface area contributed by atoms with Crippen molar-refractivity contribution in [2.45, 2.75) is 18.2 Å². The van der Waals surface area contributed by atoms with Crippen LogP contribution in [0.1, 0.15) is 18.9 Å². The average molecular weight is 453 g/mol. The molecule has 4 rings (SSSR count). The second-order valence-electron chi connectivity index (χ2n) is 6.95. The molecule has 0 saturated heterocycles. The summed E-state index contributed by atoms with van der Waals surface area (Å²) in [5.74, 6) is 1.35. The van der Waals surface area contributed by atoms with E-state index >= 15 is 0 Å². The molecule has 3 aromatic carbocycles. The summed E-state index contributed by atoms with van der Waals surface area (Å²) >= 11 is 7.49. The molecule has 6 nitrogen and oxygen atoms in total. The standard InChI is InChI=1S/C23H21ClN4O2S/c1-15(30-20-13-6-5-11-18(20)24)22-26-27-23(28(22)2)31-14-21(29)25-19-12-7-9-16-8-3-4-10-17(16)19/h3-13,15H,14H2,1-2H3,(H,25,29). The van der Waals surface area contributed by atoms with E-state index in [0.717, 1.165) is 16.5 Å². The van der Waals surface area contributed by atoms with Gasteiger partial charge in [-0.3, -0.25) is 4.79 Å². The van der Waals surface area contributed by atoms with E-state index in [1.165, 1.54) is 11.8 Å². The third-order valence-corrected chi connectivity index (χ3v) is 6.10. The van der Waals surface area contributed by atoms with Crippen molar-refractivity contribution >= 4 is 45.7 Å². The van der Waals surface area contributed by atoms with E-state index in [1.54, 1.807) is 6.07 Å². The van der Waals surface area contributed by atoms with E-state index in [2.05, 4.69) is 15.5 Å². The number of fused-ring (bicyclic) bond motifs is 1. The number of thioether (sulfide) groups is 1. The lowest BCUT2D eigenvalue weighted by Crippen LogP contribution is -2.15. The molecule has 0 aliphatic rings. The van der Waals surface area contributed by atoms with Crippen LogP contribution >= 0.6 is 23.4 Å². The molecule has 0 aliphatic carbocycles. The van der Waals surface area contributed by atoms with E-state index in [0.29, 0.717) is 21.8 Å². The summed E-state index contributed by atoms with van der Waals surface area (Å²) in [6, 6.07) is 21.1. The fraction of sp³-hybridized carbons (Fsp3) is 0.174. The van der Waals surface area contributed by atoms with Crippen molar-refractivity contribution in [1.82, 2.24) is 14.8 Å². The Morgan fingerprint density at radius 1 is 1.10 bits per heavy atom. The van der Waals surface area contributed by atoms with Gasteiger partial charge in [-0.15, -0.1) is 10.2 Å². The van der Waals surface area contributed by atoms with Gasteiger partial charge in [-0.2, -0.15) is 0 Å². The lowest BCUT2D eigenvalue weighted by atomic mass is 10.1. The monoisotopic (exact) mass is 452 g/mol. The minimum atomic E-state index is -0.351. The zero-order chi connectivity index (χ0) is 21.8. The molecule has 1 amide bonds. The maximum atomic E-state index is 12.5. The SMILES string of the molecule is CC(Oc1ccccc1Cl)c1nnc(SCC(=O)Nc2cccc3ccccc23)n1C. The molecular weight excluding hydrogens is 432 g/mol. The van der Waals surface area contributed by atoms with Crippen LogP contribution in [0.3, 0.4) is 0 Å². The molecule has 31 heavy (non-hydrogen) atoms. The highest BCUT2D eigenvalue weighted by atomic mass is 35.5. The first-order valence-corrected chi connectivity index (χ1v) is 11.1. The van der Waals surface area contributed by atoms with Crippen molar-refractivity contribution in [3.8, 4) is 5.75 Å². The first-order chi connectivity index (χ1) is 15.0. The zero-order valence-corrected chi connectivity index (χ0v) is 18.7. The normalized spacial score (nSPS) is 12.0. The number of nitrogens with one attached hydrogen (secondary N) is 1. The summed E-state index contributed by atoms with van der Waals surface area (Å²) in [4.78, 5) is 12.5. The van der Waals surface area contributed by atoms with E-state index in [9.17, 15) is 4.79 Å². The Balaban J connectivity index is 1.39. The molecule has 1 unspecified atom stereocenters. The number of amides is 1. The number of nitrogens with zero attached hydrogens (tertiary/aromatic N) is 3. The second kappa shape index (κ2) is 9.41. The van der Waals surface area contributed by atoms with Gasteiger partial charge in [0.25, 0.3) is 0 Å². The molecule has 0 radical (unpaired) electrons. The molecule has 158 valence electrons. The van der Waals surface area contributed by atoms with Crippen molar-refractivity contribution in [1.29, 1.82) is 0 Å². The third kappa shape index (κ3) is 4.84. The minimum absolute atomic E-state index is 0.105. The Morgan fingerprint density at radius 2 is 1.84 bits per heavy atom. The Labute approximate surface area is 189 Å². The molecule has 0 aliphatic heterocycles. The van der Waals surface area contributed by atoms with E-state index < -0.39 is 0 Å². The summed E-state index contributed by atoms with van der Waals surface area (Å²) in [6.07, 6.45) is -0.351. The van der Waals surface area contributed by atoms with Gasteiger partial charge >= 0.3 is 0 Å². The Morgan fingerprint density at radius 3 is 2.68 bits per heavy atom. The molecular formula is C23H21ClN4O2S. The fourth-order valence-corrected chi connectivity index (χ4v) is 4.14. The summed E-state index contributed by atoms with van der Waals surface area (Å²) in [5.41, 5.74) is 0.795. The van der Waals surface area contributed by atoms with Crippen LogP contribution in [-0.4, -0.2) is 26.4 Å². The van der Waals surface area contributed by atoms with Crippen LogP contribution in [-0.2, 0) is 11.8 Å². The number of rotatable bonds is 7. The van der Waals surface area contributed by atoms with Crippen LogP contribution < -0.4 is 10.1 Å². The second-order valence-corrected chi connectivity index (χ2v) is 8.30. The number of hydrogen-bond donors (Lipinski definition) is 1. The quantitative estimate of drug-likeness (QED) is 0.375. The van der Waals surface area contributed by atoms with Gasteiger partial charge in [-0.05, 0) is 30.5 Å². The van der Waals surface area contributed by atoms with Gasteiger partial charge in [-0.25, -0.2) is 0 Å². The topological polar surface area (TPSA) is 69.0 Å². The van der Waals surface area contributed by atoms with Crippen LogP contribution in [0.2, 0.25) is 5.02 Å². The maximum absolute atomic E-state index is 12.5. The number of carbonyl (C=O) groups is 1. The van der Waals surface area contributed by atoms with Gasteiger partial charge in [0.15, 0.2) is 17.1 Å². The molecule has 1 heterocycles. The highest BCUT2D eigenvalue weighted by molar-refractivity contribution is 7.99. The average Bonchev–Trinajstić information content (AvgIpc) is 3.14. The summed E-state index contributed by atoms with van der Waals surface area (Å²) in [5, 5.41) is 14.7. The van der Waals surface area contributed by atoms with Crippen molar-refractivity contribution in [2.75, 3.05) is 11.1 Å². The molecule has 8 heteroatoms. The van der Waals surface area contributed by atoms with Gasteiger partial charge in [0.05, 0.1) is 10.8 Å². The largest absolute Gasteiger partial charge is 0.481 e. The molecule has 0 bridgehead atoms. The molecule has 0 spiro atoms. The lowest BCUT2D eigenvalue weighted by molar-refractivity contribution is -0.113. The van der Waals surface area contributed by atoms with Crippen molar-refractivity contribution in [3.05, 3.63) is 77.6 Å². The van der Waals surface area contributed by atoms with Gasteiger partial charge in [0.2, 0.25) is 5.91 Å². The number of aromatic nitrogens is 3. The van der Waals surface area contributed by atoms with Gasteiger partial charge in [0, 0.05) is 18.1 Å². The minimum Gasteiger partial charge on any atom is -0.481 e. The predicted octanol–water partition coefficient (Wildman–Crippen LogP) is 5.49. The van der Waals surface area contributed by atoms with Crippen LogP contribution in [0.5, 0.6) is 5.75 Å². The van der Waals surface area contributed by atoms with Crippen molar-refractivity contribution < 1.29 is 9.53 Å². The smallest absolute Gasteiger partial charge is 0.234 e. The van der Waals surface area contributed by atoms with Crippen LogP contribution in [0, 0.1) is 0 Å². The molecule has 1 atom stereocenters. The number of ether oxygens (including phenoxy) is 1. The third-order valence-electron chi connectivity index (χ3n) is 4.77. The summed E-state index contributed by atoms with van der Waals surface area (Å²) < 4.78 is 7.76. The van der Waals surface area contributed by atoms with Crippen molar-refractivity contribution in [3.63, 3.8) is 0 Å². The lowest BCUT2D eigenvalue weighted by Gasteiger charge is -2.15. The van der Waals surface area contributed by atoms with Crippen LogP contribution in [0.4, 0.5) is 5.69 Å². The summed E-state index contributed by atoms with van der Waals surface area (Å²) in [6.45, 7) is 1.88. The fourth-order valence-electron chi connectivity index (χ4n) is 3.24. The summed E-state index contributed by atoms with van der Waals surface area (Å²) in [7, 11) is 1.85. The van der Waals surface area contributed by atoms with E-state index in [4.69, 9.17) is 16.3 Å². The van der Waals surface area contributed by atoms with Crippen molar-refractivity contribution in [2.24, 2.45) is 7.05 Å².